The zero-order valence-electron chi connectivity index (χ0n) is 11.4. The molecule has 20 heavy (non-hydrogen) atoms. The van der Waals surface area contributed by atoms with Gasteiger partial charge in [0.05, 0.1) is 0 Å². The lowest BCUT2D eigenvalue weighted by atomic mass is 9.99. The Balaban J connectivity index is 2.45. The average Bonchev–Trinajstić information content (AvgIpc) is 2.37. The van der Waals surface area contributed by atoms with Crippen LogP contribution in [0.4, 0.5) is 4.39 Å². The second-order valence-corrected chi connectivity index (χ2v) is 5.83. The lowest BCUT2D eigenvalue weighted by Crippen LogP contribution is -2.22. The van der Waals surface area contributed by atoms with Gasteiger partial charge in [0.2, 0.25) is 0 Å². The van der Waals surface area contributed by atoms with Crippen LogP contribution in [0.1, 0.15) is 19.4 Å². The van der Waals surface area contributed by atoms with E-state index >= 15 is 0 Å². The Hall–Kier alpha value is -1.09. The van der Waals surface area contributed by atoms with E-state index in [0.717, 1.165) is 11.1 Å². The maximum atomic E-state index is 14.1. The molecule has 0 saturated carbocycles. The molecule has 0 radical (unpaired) electrons. The Morgan fingerprint density at radius 2 is 1.65 bits per heavy atom. The molecule has 0 bridgehead atoms. The summed E-state index contributed by atoms with van der Waals surface area (Å²) >= 11 is 11.8. The second kappa shape index (κ2) is 6.57. The van der Waals surface area contributed by atoms with Crippen LogP contribution in [-0.2, 0) is 6.54 Å². The van der Waals surface area contributed by atoms with Crippen molar-refractivity contribution in [2.45, 2.75) is 26.4 Å². The first-order valence-corrected chi connectivity index (χ1v) is 7.20. The minimum Gasteiger partial charge on any atom is -0.310 e. The van der Waals surface area contributed by atoms with E-state index in [1.807, 2.05) is 12.1 Å². The monoisotopic (exact) mass is 311 g/mol. The molecule has 106 valence electrons. The fraction of sp³-hybridized carbons (Fsp3) is 0.250. The normalized spacial score (nSPS) is 11.1. The van der Waals surface area contributed by atoms with E-state index in [9.17, 15) is 4.39 Å². The van der Waals surface area contributed by atoms with Crippen molar-refractivity contribution in [3.8, 4) is 11.1 Å². The van der Waals surface area contributed by atoms with Crippen molar-refractivity contribution in [2.24, 2.45) is 0 Å². The predicted octanol–water partition coefficient (Wildman–Crippen LogP) is 5.30. The number of halogens is 3. The maximum Gasteiger partial charge on any atom is 0.132 e. The number of rotatable bonds is 4. The van der Waals surface area contributed by atoms with Crippen LogP contribution in [0.2, 0.25) is 10.0 Å². The van der Waals surface area contributed by atoms with E-state index in [1.165, 1.54) is 6.07 Å². The summed E-state index contributed by atoms with van der Waals surface area (Å²) in [6.07, 6.45) is 0. The number of hydrogen-bond donors (Lipinski definition) is 1. The number of nitrogens with one attached hydrogen (secondary N) is 1. The van der Waals surface area contributed by atoms with Crippen LogP contribution in [-0.4, -0.2) is 6.04 Å². The predicted molar refractivity (Wildman–Crippen MR) is 83.8 cm³/mol. The fourth-order valence-corrected chi connectivity index (χ4v) is 2.31. The highest BCUT2D eigenvalue weighted by Crippen LogP contribution is 2.30. The molecule has 0 aliphatic rings. The lowest BCUT2D eigenvalue weighted by molar-refractivity contribution is 0.589. The van der Waals surface area contributed by atoms with E-state index in [-0.39, 0.29) is 5.82 Å². The van der Waals surface area contributed by atoms with Gasteiger partial charge in [0, 0.05) is 28.2 Å². The number of benzene rings is 2. The first kappa shape index (κ1) is 15.3. The van der Waals surface area contributed by atoms with Gasteiger partial charge in [-0.1, -0.05) is 43.1 Å². The summed E-state index contributed by atoms with van der Waals surface area (Å²) in [5.41, 5.74) is 2.31. The molecule has 0 fully saturated rings. The summed E-state index contributed by atoms with van der Waals surface area (Å²) in [5.74, 6) is -0.342. The van der Waals surface area contributed by atoms with Crippen LogP contribution in [0.5, 0.6) is 0 Å². The van der Waals surface area contributed by atoms with Crippen molar-refractivity contribution in [3.05, 3.63) is 57.8 Å². The summed E-state index contributed by atoms with van der Waals surface area (Å²) in [6.45, 7) is 4.79. The van der Waals surface area contributed by atoms with Crippen molar-refractivity contribution >= 4 is 23.2 Å². The van der Waals surface area contributed by atoms with Gasteiger partial charge < -0.3 is 5.32 Å². The maximum absolute atomic E-state index is 14.1. The van der Waals surface area contributed by atoms with Gasteiger partial charge in [-0.05, 0) is 41.5 Å². The zero-order chi connectivity index (χ0) is 14.7. The minimum absolute atomic E-state index is 0.342. The largest absolute Gasteiger partial charge is 0.310 e. The third kappa shape index (κ3) is 3.72. The topological polar surface area (TPSA) is 12.0 Å². The van der Waals surface area contributed by atoms with Crippen LogP contribution in [0, 0.1) is 5.82 Å². The van der Waals surface area contributed by atoms with Crippen LogP contribution >= 0.6 is 23.2 Å². The van der Waals surface area contributed by atoms with Gasteiger partial charge in [0.1, 0.15) is 5.82 Å². The minimum atomic E-state index is -0.342. The van der Waals surface area contributed by atoms with Gasteiger partial charge >= 0.3 is 0 Å². The molecule has 2 aromatic carbocycles. The summed E-state index contributed by atoms with van der Waals surface area (Å²) in [4.78, 5) is 0. The molecule has 0 aromatic heterocycles. The van der Waals surface area contributed by atoms with E-state index in [4.69, 9.17) is 23.2 Å². The van der Waals surface area contributed by atoms with E-state index in [0.29, 0.717) is 28.2 Å². The molecule has 1 N–H and O–H groups in total. The molecule has 2 rings (SSSR count). The van der Waals surface area contributed by atoms with Crippen molar-refractivity contribution in [2.75, 3.05) is 0 Å². The molecular formula is C16H16Cl2FN. The molecule has 1 nitrogen and oxygen atoms in total. The summed E-state index contributed by atoms with van der Waals surface area (Å²) < 4.78 is 14.1. The summed E-state index contributed by atoms with van der Waals surface area (Å²) in [5, 5.41) is 4.30. The van der Waals surface area contributed by atoms with Crippen LogP contribution in [0.25, 0.3) is 11.1 Å². The molecule has 0 saturated heterocycles. The Morgan fingerprint density at radius 1 is 1.00 bits per heavy atom. The van der Waals surface area contributed by atoms with Crippen LogP contribution in [0.3, 0.4) is 0 Å². The first-order chi connectivity index (χ1) is 9.47. The standard InChI is InChI=1S/C16H16Cl2FN/c1-10(2)20-9-11-3-4-12(17)7-15(11)14-6-5-13(18)8-16(14)19/h3-8,10,20H,9H2,1-2H3. The van der Waals surface area contributed by atoms with Gasteiger partial charge in [-0.3, -0.25) is 0 Å². The van der Waals surface area contributed by atoms with Crippen molar-refractivity contribution in [1.29, 1.82) is 0 Å². The van der Waals surface area contributed by atoms with Crippen molar-refractivity contribution < 1.29 is 4.39 Å². The highest BCUT2D eigenvalue weighted by molar-refractivity contribution is 6.31. The van der Waals surface area contributed by atoms with Crippen LogP contribution in [0.15, 0.2) is 36.4 Å². The summed E-state index contributed by atoms with van der Waals surface area (Å²) in [6, 6.07) is 10.6. The van der Waals surface area contributed by atoms with Crippen molar-refractivity contribution in [1.82, 2.24) is 5.32 Å². The highest BCUT2D eigenvalue weighted by Gasteiger charge is 2.11. The zero-order valence-corrected chi connectivity index (χ0v) is 12.9. The molecule has 0 spiro atoms. The molecule has 0 atom stereocenters. The third-order valence-electron chi connectivity index (χ3n) is 2.99. The Kier molecular flexibility index (Phi) is 5.03. The SMILES string of the molecule is CC(C)NCc1ccc(Cl)cc1-c1ccc(Cl)cc1F. The third-order valence-corrected chi connectivity index (χ3v) is 3.46. The van der Waals surface area contributed by atoms with Crippen molar-refractivity contribution in [3.63, 3.8) is 0 Å². The molecule has 2 aromatic rings. The molecule has 0 unspecified atom stereocenters. The van der Waals surface area contributed by atoms with Crippen LogP contribution < -0.4 is 5.32 Å². The molecule has 0 aliphatic carbocycles. The van der Waals surface area contributed by atoms with Gasteiger partial charge in [-0.25, -0.2) is 4.39 Å². The highest BCUT2D eigenvalue weighted by atomic mass is 35.5. The summed E-state index contributed by atoms with van der Waals surface area (Å²) in [7, 11) is 0. The number of hydrogen-bond acceptors (Lipinski definition) is 1. The van der Waals surface area contributed by atoms with E-state index < -0.39 is 0 Å². The quantitative estimate of drug-likeness (QED) is 0.808. The Labute approximate surface area is 128 Å². The molecular weight excluding hydrogens is 296 g/mol. The van der Waals surface area contributed by atoms with E-state index in [1.54, 1.807) is 18.2 Å². The molecule has 0 aliphatic heterocycles. The molecule has 0 heterocycles. The Morgan fingerprint density at radius 3 is 2.30 bits per heavy atom. The van der Waals surface area contributed by atoms with Gasteiger partial charge in [-0.2, -0.15) is 0 Å². The van der Waals surface area contributed by atoms with Gasteiger partial charge in [0.15, 0.2) is 0 Å². The molecule has 0 amide bonds. The Bertz CT molecular complexity index is 611. The van der Waals surface area contributed by atoms with Gasteiger partial charge in [0.25, 0.3) is 0 Å². The average molecular weight is 312 g/mol. The fourth-order valence-electron chi connectivity index (χ4n) is 1.98. The smallest absolute Gasteiger partial charge is 0.132 e. The van der Waals surface area contributed by atoms with E-state index in [2.05, 4.69) is 19.2 Å². The second-order valence-electron chi connectivity index (χ2n) is 4.96. The first-order valence-electron chi connectivity index (χ1n) is 6.44. The lowest BCUT2D eigenvalue weighted by Gasteiger charge is -2.14. The molecule has 4 heteroatoms. The van der Waals surface area contributed by atoms with Gasteiger partial charge in [-0.15, -0.1) is 0 Å².